The summed E-state index contributed by atoms with van der Waals surface area (Å²) in [5, 5.41) is 10.1. The van der Waals surface area contributed by atoms with Crippen LogP contribution in [0.25, 0.3) is 0 Å². The third-order valence-corrected chi connectivity index (χ3v) is 3.62. The first-order valence-electron chi connectivity index (χ1n) is 5.79. The van der Waals surface area contributed by atoms with Crippen molar-refractivity contribution in [2.75, 3.05) is 25.0 Å². The van der Waals surface area contributed by atoms with Crippen molar-refractivity contribution in [2.45, 2.75) is 44.6 Å². The summed E-state index contributed by atoms with van der Waals surface area (Å²) in [5.74, 6) is 0. The Hall–Kier alpha value is 0.400. The van der Waals surface area contributed by atoms with Gasteiger partial charge in [0, 0.05) is 17.9 Å². The van der Waals surface area contributed by atoms with Crippen LogP contribution in [0.3, 0.4) is 0 Å². The van der Waals surface area contributed by atoms with E-state index < -0.39 is 0 Å². The monoisotopic (exact) mass is 263 g/mol. The van der Waals surface area contributed by atoms with Gasteiger partial charge in [-0.05, 0) is 25.8 Å². The molecule has 1 saturated carbocycles. The molecule has 0 bridgehead atoms. The Morgan fingerprint density at radius 3 is 2.43 bits per heavy atom. The minimum absolute atomic E-state index is 0.304. The van der Waals surface area contributed by atoms with E-state index >= 15 is 0 Å². The maximum absolute atomic E-state index is 9.01. The lowest BCUT2D eigenvalue weighted by Gasteiger charge is -2.33. The fourth-order valence-corrected chi connectivity index (χ4v) is 2.57. The van der Waals surface area contributed by atoms with Crippen molar-refractivity contribution in [3.05, 3.63) is 0 Å². The van der Waals surface area contributed by atoms with E-state index in [0.29, 0.717) is 6.61 Å². The van der Waals surface area contributed by atoms with Gasteiger partial charge in [-0.2, -0.15) is 0 Å². The van der Waals surface area contributed by atoms with Gasteiger partial charge in [0.1, 0.15) is 0 Å². The average Bonchev–Trinajstić information content (AvgIpc) is 2.25. The van der Waals surface area contributed by atoms with Gasteiger partial charge in [0.05, 0.1) is 6.61 Å². The van der Waals surface area contributed by atoms with Gasteiger partial charge in [-0.1, -0.05) is 35.2 Å². The van der Waals surface area contributed by atoms with Crippen LogP contribution >= 0.6 is 15.9 Å². The summed E-state index contributed by atoms with van der Waals surface area (Å²) in [7, 11) is 0. The van der Waals surface area contributed by atoms with E-state index in [0.717, 1.165) is 24.5 Å². The van der Waals surface area contributed by atoms with Crippen LogP contribution in [-0.2, 0) is 0 Å². The smallest absolute Gasteiger partial charge is 0.0558 e. The Balaban J connectivity index is 2.30. The minimum Gasteiger partial charge on any atom is -0.395 e. The van der Waals surface area contributed by atoms with Crippen molar-refractivity contribution < 1.29 is 5.11 Å². The van der Waals surface area contributed by atoms with Crippen LogP contribution in [0, 0.1) is 0 Å². The van der Waals surface area contributed by atoms with Crippen LogP contribution in [0.15, 0.2) is 0 Å². The number of aliphatic hydroxyl groups is 1. The predicted molar refractivity (Wildman–Crippen MR) is 63.9 cm³/mol. The molecule has 1 rings (SSSR count). The summed E-state index contributed by atoms with van der Waals surface area (Å²) in [6.45, 7) is 2.30. The average molecular weight is 264 g/mol. The summed E-state index contributed by atoms with van der Waals surface area (Å²) in [5.41, 5.74) is 0. The van der Waals surface area contributed by atoms with Crippen molar-refractivity contribution in [1.82, 2.24) is 4.90 Å². The molecule has 0 aromatic rings. The van der Waals surface area contributed by atoms with Gasteiger partial charge in [0.15, 0.2) is 0 Å². The summed E-state index contributed by atoms with van der Waals surface area (Å²) in [6, 6.07) is 0.745. The molecule has 0 atom stereocenters. The topological polar surface area (TPSA) is 23.5 Å². The predicted octanol–water partition coefficient (Wildman–Crippen LogP) is 2.40. The lowest BCUT2D eigenvalue weighted by atomic mass is 9.94. The molecule has 0 unspecified atom stereocenters. The second-order valence-electron chi connectivity index (χ2n) is 4.09. The Labute approximate surface area is 95.8 Å². The van der Waals surface area contributed by atoms with Crippen molar-refractivity contribution in [2.24, 2.45) is 0 Å². The number of nitrogens with zero attached hydrogens (tertiary/aromatic N) is 1. The van der Waals surface area contributed by atoms with E-state index in [4.69, 9.17) is 5.11 Å². The van der Waals surface area contributed by atoms with Gasteiger partial charge in [-0.3, -0.25) is 4.90 Å². The molecule has 0 saturated heterocycles. The van der Waals surface area contributed by atoms with E-state index in [1.54, 1.807) is 0 Å². The van der Waals surface area contributed by atoms with Gasteiger partial charge in [0.2, 0.25) is 0 Å². The molecule has 14 heavy (non-hydrogen) atoms. The van der Waals surface area contributed by atoms with E-state index in [-0.39, 0.29) is 0 Å². The van der Waals surface area contributed by atoms with Crippen molar-refractivity contribution in [3.63, 3.8) is 0 Å². The van der Waals surface area contributed by atoms with E-state index in [1.807, 2.05) is 0 Å². The molecular formula is C11H22BrNO. The molecule has 0 aromatic heterocycles. The highest BCUT2D eigenvalue weighted by Crippen LogP contribution is 2.22. The zero-order valence-electron chi connectivity index (χ0n) is 8.92. The van der Waals surface area contributed by atoms with E-state index in [2.05, 4.69) is 20.8 Å². The third kappa shape index (κ3) is 4.28. The van der Waals surface area contributed by atoms with Crippen molar-refractivity contribution in [1.29, 1.82) is 0 Å². The Morgan fingerprint density at radius 1 is 1.14 bits per heavy atom. The molecule has 1 aliphatic carbocycles. The number of hydrogen-bond acceptors (Lipinski definition) is 2. The number of alkyl halides is 1. The zero-order valence-corrected chi connectivity index (χ0v) is 10.5. The van der Waals surface area contributed by atoms with Gasteiger partial charge < -0.3 is 5.11 Å². The highest BCUT2D eigenvalue weighted by Gasteiger charge is 2.19. The fraction of sp³-hybridized carbons (Fsp3) is 1.00. The van der Waals surface area contributed by atoms with Crippen LogP contribution in [0.5, 0.6) is 0 Å². The lowest BCUT2D eigenvalue weighted by Crippen LogP contribution is -2.39. The van der Waals surface area contributed by atoms with Crippen LogP contribution in [0.1, 0.15) is 38.5 Å². The van der Waals surface area contributed by atoms with E-state index in [9.17, 15) is 0 Å². The number of rotatable bonds is 6. The third-order valence-electron chi connectivity index (χ3n) is 3.06. The number of aliphatic hydroxyl groups excluding tert-OH is 1. The minimum atomic E-state index is 0.304. The molecule has 84 valence electrons. The first-order chi connectivity index (χ1) is 6.88. The van der Waals surface area contributed by atoms with Crippen molar-refractivity contribution in [3.8, 4) is 0 Å². The molecule has 0 radical (unpaired) electrons. The first-order valence-corrected chi connectivity index (χ1v) is 6.91. The summed E-state index contributed by atoms with van der Waals surface area (Å²) >= 11 is 3.46. The quantitative estimate of drug-likeness (QED) is 0.745. The number of hydrogen-bond donors (Lipinski definition) is 1. The second kappa shape index (κ2) is 7.66. The molecule has 0 aromatic carbocycles. The molecule has 2 nitrogen and oxygen atoms in total. The normalized spacial score (nSPS) is 19.1. The summed E-state index contributed by atoms with van der Waals surface area (Å²) in [4.78, 5) is 2.47. The van der Waals surface area contributed by atoms with Crippen LogP contribution in [-0.4, -0.2) is 41.1 Å². The standard InChI is InChI=1S/C11H22BrNO/c12-7-4-8-13(9-10-14)11-5-2-1-3-6-11/h11,14H,1-10H2. The van der Waals surface area contributed by atoms with Gasteiger partial charge >= 0.3 is 0 Å². The SMILES string of the molecule is OCCN(CCCBr)C1CCCCC1. The Morgan fingerprint density at radius 2 is 1.86 bits per heavy atom. The largest absolute Gasteiger partial charge is 0.395 e. The molecule has 1 N–H and O–H groups in total. The zero-order chi connectivity index (χ0) is 10.2. The Bertz CT molecular complexity index is 137. The second-order valence-corrected chi connectivity index (χ2v) is 4.89. The molecule has 0 heterocycles. The molecule has 3 heteroatoms. The van der Waals surface area contributed by atoms with Gasteiger partial charge in [-0.25, -0.2) is 0 Å². The fourth-order valence-electron chi connectivity index (χ4n) is 2.31. The van der Waals surface area contributed by atoms with E-state index in [1.165, 1.54) is 38.5 Å². The molecule has 0 spiro atoms. The van der Waals surface area contributed by atoms with Crippen LogP contribution in [0.2, 0.25) is 0 Å². The lowest BCUT2D eigenvalue weighted by molar-refractivity contribution is 0.124. The molecule has 0 aliphatic heterocycles. The molecule has 1 aliphatic rings. The van der Waals surface area contributed by atoms with Crippen LogP contribution < -0.4 is 0 Å². The number of halogens is 1. The van der Waals surface area contributed by atoms with Crippen LogP contribution in [0.4, 0.5) is 0 Å². The maximum Gasteiger partial charge on any atom is 0.0558 e. The van der Waals surface area contributed by atoms with Crippen molar-refractivity contribution >= 4 is 15.9 Å². The summed E-state index contributed by atoms with van der Waals surface area (Å²) < 4.78 is 0. The maximum atomic E-state index is 9.01. The van der Waals surface area contributed by atoms with Gasteiger partial charge in [-0.15, -0.1) is 0 Å². The highest BCUT2D eigenvalue weighted by atomic mass is 79.9. The molecule has 1 fully saturated rings. The van der Waals surface area contributed by atoms with Gasteiger partial charge in [0.25, 0.3) is 0 Å². The molecular weight excluding hydrogens is 242 g/mol. The summed E-state index contributed by atoms with van der Waals surface area (Å²) in [6.07, 6.45) is 8.02. The first kappa shape index (κ1) is 12.5. The Kier molecular flexibility index (Phi) is 6.82. The highest BCUT2D eigenvalue weighted by molar-refractivity contribution is 9.09. The molecule has 0 amide bonds.